The van der Waals surface area contributed by atoms with Crippen LogP contribution in [0.1, 0.15) is 5.76 Å². The van der Waals surface area contributed by atoms with E-state index in [-0.39, 0.29) is 11.7 Å². The monoisotopic (exact) mass is 277 g/mol. The predicted octanol–water partition coefficient (Wildman–Crippen LogP) is 2.17. The van der Waals surface area contributed by atoms with Crippen LogP contribution >= 0.6 is 11.8 Å². The summed E-state index contributed by atoms with van der Waals surface area (Å²) in [6.45, 7) is 0. The molecule has 1 aliphatic heterocycles. The minimum Gasteiger partial charge on any atom is -0.508 e. The first-order valence-corrected chi connectivity index (χ1v) is 6.67. The standard InChI is InChI=1S/C13H11NO4S/c1-17-13(16)9-6-19-12(14-9)11-4-7-2-3-8(15)5-10(7)18-11/h2-5,9,15H,6H2,1H3. The molecule has 2 aromatic rings. The van der Waals surface area contributed by atoms with Crippen LogP contribution in [0.15, 0.2) is 33.7 Å². The van der Waals surface area contributed by atoms with E-state index in [9.17, 15) is 9.90 Å². The minimum absolute atomic E-state index is 0.154. The lowest BCUT2D eigenvalue weighted by Gasteiger charge is -2.00. The number of hydrogen-bond acceptors (Lipinski definition) is 6. The molecular formula is C13H11NO4S. The van der Waals surface area contributed by atoms with Crippen molar-refractivity contribution in [3.05, 3.63) is 30.0 Å². The van der Waals surface area contributed by atoms with E-state index in [2.05, 4.69) is 9.73 Å². The largest absolute Gasteiger partial charge is 0.508 e. The minimum atomic E-state index is -0.466. The number of phenols is 1. The van der Waals surface area contributed by atoms with Crippen molar-refractivity contribution < 1.29 is 19.1 Å². The molecule has 5 nitrogen and oxygen atoms in total. The van der Waals surface area contributed by atoms with Gasteiger partial charge in [0.2, 0.25) is 0 Å². The van der Waals surface area contributed by atoms with Crippen LogP contribution < -0.4 is 0 Å². The molecule has 0 aliphatic carbocycles. The topological polar surface area (TPSA) is 72.0 Å². The van der Waals surface area contributed by atoms with Crippen molar-refractivity contribution in [3.8, 4) is 5.75 Å². The Kier molecular flexibility index (Phi) is 2.94. The molecular weight excluding hydrogens is 266 g/mol. The van der Waals surface area contributed by atoms with Crippen molar-refractivity contribution >= 4 is 33.7 Å². The number of furan rings is 1. The van der Waals surface area contributed by atoms with Crippen molar-refractivity contribution in [3.63, 3.8) is 0 Å². The summed E-state index contributed by atoms with van der Waals surface area (Å²) in [5.41, 5.74) is 0.597. The van der Waals surface area contributed by atoms with E-state index in [1.165, 1.54) is 18.9 Å². The average Bonchev–Trinajstić information content (AvgIpc) is 3.03. The molecule has 6 heteroatoms. The third kappa shape index (κ3) is 2.19. The summed E-state index contributed by atoms with van der Waals surface area (Å²) in [5, 5.41) is 11.0. The van der Waals surface area contributed by atoms with Crippen LogP contribution in [0.4, 0.5) is 0 Å². The van der Waals surface area contributed by atoms with E-state index < -0.39 is 6.04 Å². The number of hydrogen-bond donors (Lipinski definition) is 1. The number of rotatable bonds is 2. The van der Waals surface area contributed by atoms with Gasteiger partial charge >= 0.3 is 5.97 Å². The van der Waals surface area contributed by atoms with Gasteiger partial charge in [-0.15, -0.1) is 11.8 Å². The number of benzene rings is 1. The third-order valence-corrected chi connectivity index (χ3v) is 3.90. The molecule has 3 rings (SSSR count). The van der Waals surface area contributed by atoms with E-state index in [0.717, 1.165) is 5.39 Å². The first-order valence-electron chi connectivity index (χ1n) is 5.69. The van der Waals surface area contributed by atoms with E-state index in [4.69, 9.17) is 4.42 Å². The number of ether oxygens (including phenoxy) is 1. The van der Waals surface area contributed by atoms with Gasteiger partial charge in [0.15, 0.2) is 11.8 Å². The Morgan fingerprint density at radius 3 is 3.16 bits per heavy atom. The zero-order valence-corrected chi connectivity index (χ0v) is 10.9. The number of methoxy groups -OCH3 is 1. The third-order valence-electron chi connectivity index (χ3n) is 2.84. The SMILES string of the molecule is COC(=O)C1CSC(c2cc3ccc(O)cc3o2)=N1. The number of thioether (sulfide) groups is 1. The fraction of sp³-hybridized carbons (Fsp3) is 0.231. The second-order valence-electron chi connectivity index (χ2n) is 4.12. The van der Waals surface area contributed by atoms with Crippen molar-refractivity contribution in [1.82, 2.24) is 0 Å². The van der Waals surface area contributed by atoms with Crippen molar-refractivity contribution in [2.24, 2.45) is 4.99 Å². The van der Waals surface area contributed by atoms with Crippen LogP contribution in [0.25, 0.3) is 11.0 Å². The Bertz CT molecular complexity index is 676. The van der Waals surface area contributed by atoms with Gasteiger partial charge in [-0.3, -0.25) is 4.99 Å². The molecule has 19 heavy (non-hydrogen) atoms. The Morgan fingerprint density at radius 2 is 2.37 bits per heavy atom. The number of esters is 1. The predicted molar refractivity (Wildman–Crippen MR) is 72.7 cm³/mol. The van der Waals surface area contributed by atoms with Crippen molar-refractivity contribution in [2.75, 3.05) is 12.9 Å². The highest BCUT2D eigenvalue weighted by Crippen LogP contribution is 2.29. The molecule has 1 atom stereocenters. The second-order valence-corrected chi connectivity index (χ2v) is 5.13. The lowest BCUT2D eigenvalue weighted by molar-refractivity contribution is -0.141. The smallest absolute Gasteiger partial charge is 0.331 e. The molecule has 0 radical (unpaired) electrons. The fourth-order valence-corrected chi connectivity index (χ4v) is 2.86. The molecule has 98 valence electrons. The van der Waals surface area contributed by atoms with Crippen LogP contribution in [0, 0.1) is 0 Å². The summed E-state index contributed by atoms with van der Waals surface area (Å²) in [6.07, 6.45) is 0. The summed E-state index contributed by atoms with van der Waals surface area (Å²) in [7, 11) is 1.35. The molecule has 0 saturated heterocycles. The van der Waals surface area contributed by atoms with Gasteiger partial charge < -0.3 is 14.3 Å². The number of carbonyl (C=O) groups is 1. The number of fused-ring (bicyclic) bond motifs is 1. The van der Waals surface area contributed by atoms with Gasteiger partial charge in [0.1, 0.15) is 16.4 Å². The van der Waals surface area contributed by atoms with Crippen LogP contribution in [-0.4, -0.2) is 35.0 Å². The molecule has 1 aromatic heterocycles. The number of aliphatic imine (C=N–C) groups is 1. The zero-order chi connectivity index (χ0) is 13.4. The van der Waals surface area contributed by atoms with Gasteiger partial charge in [0, 0.05) is 17.2 Å². The zero-order valence-electron chi connectivity index (χ0n) is 10.1. The average molecular weight is 277 g/mol. The van der Waals surface area contributed by atoms with E-state index in [0.29, 0.717) is 22.1 Å². The van der Waals surface area contributed by atoms with Crippen molar-refractivity contribution in [1.29, 1.82) is 0 Å². The first kappa shape index (κ1) is 12.1. The van der Waals surface area contributed by atoms with E-state index in [1.807, 2.05) is 6.07 Å². The molecule has 0 amide bonds. The van der Waals surface area contributed by atoms with Gasteiger partial charge in [-0.05, 0) is 18.2 Å². The molecule has 1 unspecified atom stereocenters. The second kappa shape index (κ2) is 4.62. The first-order chi connectivity index (χ1) is 9.17. The van der Waals surface area contributed by atoms with Crippen LogP contribution in [0.2, 0.25) is 0 Å². The Morgan fingerprint density at radius 1 is 1.53 bits per heavy atom. The molecule has 0 bridgehead atoms. The maximum atomic E-state index is 11.4. The number of phenolic OH excluding ortho intramolecular Hbond substituents is 1. The van der Waals surface area contributed by atoms with E-state index in [1.54, 1.807) is 18.2 Å². The molecule has 1 aliphatic rings. The Balaban J connectivity index is 1.95. The van der Waals surface area contributed by atoms with Gasteiger partial charge in [-0.2, -0.15) is 0 Å². The van der Waals surface area contributed by atoms with E-state index >= 15 is 0 Å². The van der Waals surface area contributed by atoms with Gasteiger partial charge in [0.25, 0.3) is 0 Å². The van der Waals surface area contributed by atoms with Gasteiger partial charge in [0.05, 0.1) is 7.11 Å². The lowest BCUT2D eigenvalue weighted by Crippen LogP contribution is -2.19. The molecule has 0 saturated carbocycles. The fourth-order valence-electron chi connectivity index (χ4n) is 1.89. The normalized spacial score (nSPS) is 18.6. The van der Waals surface area contributed by atoms with Crippen LogP contribution in [0.3, 0.4) is 0 Å². The van der Waals surface area contributed by atoms with Gasteiger partial charge in [-0.25, -0.2) is 4.79 Å². The highest BCUT2D eigenvalue weighted by atomic mass is 32.2. The Labute approximate surface area is 113 Å². The van der Waals surface area contributed by atoms with Crippen LogP contribution in [0.5, 0.6) is 5.75 Å². The summed E-state index contributed by atoms with van der Waals surface area (Å²) >= 11 is 1.46. The quantitative estimate of drug-likeness (QED) is 0.852. The van der Waals surface area contributed by atoms with Gasteiger partial charge in [-0.1, -0.05) is 0 Å². The molecule has 1 N–H and O–H groups in total. The molecule has 2 heterocycles. The molecule has 1 aromatic carbocycles. The molecule has 0 fully saturated rings. The highest BCUT2D eigenvalue weighted by Gasteiger charge is 2.27. The number of nitrogens with zero attached hydrogens (tertiary/aromatic N) is 1. The Hall–Kier alpha value is -1.95. The summed E-state index contributed by atoms with van der Waals surface area (Å²) < 4.78 is 10.3. The highest BCUT2D eigenvalue weighted by molar-refractivity contribution is 8.14. The van der Waals surface area contributed by atoms with Crippen molar-refractivity contribution in [2.45, 2.75) is 6.04 Å². The maximum absolute atomic E-state index is 11.4. The summed E-state index contributed by atoms with van der Waals surface area (Å²) in [4.78, 5) is 15.7. The van der Waals surface area contributed by atoms with Crippen LogP contribution in [-0.2, 0) is 9.53 Å². The summed E-state index contributed by atoms with van der Waals surface area (Å²) in [6, 6.07) is 6.31. The number of carbonyl (C=O) groups excluding carboxylic acids is 1. The summed E-state index contributed by atoms with van der Waals surface area (Å²) in [5.74, 6) is 0.986. The maximum Gasteiger partial charge on any atom is 0.331 e. The number of aromatic hydroxyl groups is 1. The lowest BCUT2D eigenvalue weighted by atomic mass is 10.2. The molecule has 0 spiro atoms.